The molecular formula is C17H17NO2. The number of nitrogens with zero attached hydrogens (tertiary/aromatic N) is 1. The van der Waals surface area contributed by atoms with Crippen LogP contribution in [0.1, 0.15) is 16.7 Å². The highest BCUT2D eigenvalue weighted by Crippen LogP contribution is 2.29. The monoisotopic (exact) mass is 267 g/mol. The molecule has 0 aliphatic heterocycles. The van der Waals surface area contributed by atoms with E-state index >= 15 is 0 Å². The highest BCUT2D eigenvalue weighted by molar-refractivity contribution is 6.06. The van der Waals surface area contributed by atoms with Crippen LogP contribution in [0.5, 0.6) is 5.75 Å². The Labute approximate surface area is 117 Å². The van der Waals surface area contributed by atoms with E-state index in [0.717, 1.165) is 38.4 Å². The van der Waals surface area contributed by atoms with Gasteiger partial charge in [-0.2, -0.15) is 0 Å². The van der Waals surface area contributed by atoms with Crippen molar-refractivity contribution in [2.75, 3.05) is 0 Å². The van der Waals surface area contributed by atoms with Crippen LogP contribution in [-0.2, 0) is 7.05 Å². The maximum absolute atomic E-state index is 12.5. The minimum Gasteiger partial charge on any atom is -0.508 e. The van der Waals surface area contributed by atoms with Crippen molar-refractivity contribution >= 4 is 21.7 Å². The van der Waals surface area contributed by atoms with Crippen LogP contribution in [0.15, 0.2) is 29.1 Å². The third kappa shape index (κ3) is 1.63. The normalized spacial score (nSPS) is 11.4. The number of hydrogen-bond acceptors (Lipinski definition) is 2. The van der Waals surface area contributed by atoms with Gasteiger partial charge < -0.3 is 9.67 Å². The molecule has 0 radical (unpaired) electrons. The zero-order chi connectivity index (χ0) is 14.6. The summed E-state index contributed by atoms with van der Waals surface area (Å²) in [5.74, 6) is 0.218. The Balaban J connectivity index is 2.68. The Kier molecular flexibility index (Phi) is 2.61. The fourth-order valence-corrected chi connectivity index (χ4v) is 2.68. The summed E-state index contributed by atoms with van der Waals surface area (Å²) in [4.78, 5) is 12.5. The number of benzene rings is 2. The maximum Gasteiger partial charge on any atom is 0.258 e. The average molecular weight is 267 g/mol. The van der Waals surface area contributed by atoms with Crippen LogP contribution >= 0.6 is 0 Å². The molecule has 3 rings (SSSR count). The van der Waals surface area contributed by atoms with Crippen LogP contribution in [0.2, 0.25) is 0 Å². The number of rotatable bonds is 0. The van der Waals surface area contributed by atoms with E-state index in [4.69, 9.17) is 0 Å². The molecule has 0 amide bonds. The van der Waals surface area contributed by atoms with Crippen molar-refractivity contribution in [3.8, 4) is 5.75 Å². The number of phenolic OH excluding ortho intramolecular Hbond substituents is 1. The van der Waals surface area contributed by atoms with E-state index in [0.29, 0.717) is 0 Å². The standard InChI is InChI=1S/C17H17NO2/c1-9-5-12-13-7-11(3)16(19)8-15(13)18(4)17(20)14(12)6-10(9)2/h5-8,19H,1-4H3. The summed E-state index contributed by atoms with van der Waals surface area (Å²) in [6.45, 7) is 5.93. The van der Waals surface area contributed by atoms with Crippen molar-refractivity contribution in [2.24, 2.45) is 7.05 Å². The third-order valence-electron chi connectivity index (χ3n) is 4.13. The van der Waals surface area contributed by atoms with E-state index in [1.54, 1.807) is 17.7 Å². The van der Waals surface area contributed by atoms with E-state index in [2.05, 4.69) is 6.07 Å². The minimum atomic E-state index is -0.0288. The molecule has 3 nitrogen and oxygen atoms in total. The van der Waals surface area contributed by atoms with Crippen LogP contribution < -0.4 is 5.56 Å². The zero-order valence-corrected chi connectivity index (χ0v) is 12.1. The summed E-state index contributed by atoms with van der Waals surface area (Å²) >= 11 is 0. The highest BCUT2D eigenvalue weighted by atomic mass is 16.3. The van der Waals surface area contributed by atoms with Gasteiger partial charge in [0.15, 0.2) is 0 Å². The molecule has 0 fully saturated rings. The SMILES string of the molecule is Cc1cc2c(=O)n(C)c3cc(O)c(C)cc3c2cc1C. The van der Waals surface area contributed by atoms with Crippen LogP contribution in [0.3, 0.4) is 0 Å². The molecule has 20 heavy (non-hydrogen) atoms. The molecule has 0 saturated heterocycles. The van der Waals surface area contributed by atoms with Crippen LogP contribution in [0.4, 0.5) is 0 Å². The van der Waals surface area contributed by atoms with E-state index in [1.165, 1.54) is 0 Å². The average Bonchev–Trinajstić information content (AvgIpc) is 2.41. The first-order valence-corrected chi connectivity index (χ1v) is 6.63. The molecule has 0 atom stereocenters. The van der Waals surface area contributed by atoms with E-state index in [1.807, 2.05) is 32.9 Å². The predicted octanol–water partition coefficient (Wildman–Crippen LogP) is 3.32. The molecule has 1 N–H and O–H groups in total. The molecule has 1 heterocycles. The first-order valence-electron chi connectivity index (χ1n) is 6.63. The Hall–Kier alpha value is -2.29. The number of pyridine rings is 1. The predicted molar refractivity (Wildman–Crippen MR) is 82.6 cm³/mol. The van der Waals surface area contributed by atoms with Gasteiger partial charge in [0.2, 0.25) is 0 Å². The van der Waals surface area contributed by atoms with E-state index < -0.39 is 0 Å². The van der Waals surface area contributed by atoms with Crippen LogP contribution in [0, 0.1) is 20.8 Å². The number of aryl methyl sites for hydroxylation is 4. The number of aromatic nitrogens is 1. The van der Waals surface area contributed by atoms with Crippen LogP contribution in [-0.4, -0.2) is 9.67 Å². The molecular weight excluding hydrogens is 250 g/mol. The Bertz CT molecular complexity index is 920. The number of aromatic hydroxyl groups is 1. The lowest BCUT2D eigenvalue weighted by atomic mass is 9.99. The smallest absolute Gasteiger partial charge is 0.258 e. The van der Waals surface area contributed by atoms with Crippen molar-refractivity contribution in [3.05, 3.63) is 51.3 Å². The molecule has 1 aromatic heterocycles. The van der Waals surface area contributed by atoms with Gasteiger partial charge in [0.25, 0.3) is 5.56 Å². The second-order valence-corrected chi connectivity index (χ2v) is 5.50. The number of hydrogen-bond donors (Lipinski definition) is 1. The van der Waals surface area contributed by atoms with Gasteiger partial charge in [0, 0.05) is 23.9 Å². The first-order chi connectivity index (χ1) is 9.40. The van der Waals surface area contributed by atoms with Crippen LogP contribution in [0.25, 0.3) is 21.7 Å². The van der Waals surface area contributed by atoms with Gasteiger partial charge in [-0.1, -0.05) is 6.07 Å². The molecule has 0 saturated carbocycles. The number of phenols is 1. The van der Waals surface area contributed by atoms with Gasteiger partial charge in [-0.15, -0.1) is 0 Å². The first kappa shape index (κ1) is 12.7. The maximum atomic E-state index is 12.5. The zero-order valence-electron chi connectivity index (χ0n) is 12.1. The molecule has 102 valence electrons. The molecule has 0 aliphatic carbocycles. The Morgan fingerprint density at radius 2 is 1.40 bits per heavy atom. The summed E-state index contributed by atoms with van der Waals surface area (Å²) in [5.41, 5.74) is 3.82. The molecule has 0 aliphatic rings. The van der Waals surface area contributed by atoms with Gasteiger partial charge >= 0.3 is 0 Å². The van der Waals surface area contributed by atoms with Crippen molar-refractivity contribution in [1.82, 2.24) is 4.57 Å². The summed E-state index contributed by atoms with van der Waals surface area (Å²) in [7, 11) is 1.74. The van der Waals surface area contributed by atoms with Gasteiger partial charge in [0.05, 0.1) is 5.52 Å². The fourth-order valence-electron chi connectivity index (χ4n) is 2.68. The van der Waals surface area contributed by atoms with Gasteiger partial charge in [-0.3, -0.25) is 4.79 Å². The second kappa shape index (κ2) is 4.10. The molecule has 2 aromatic carbocycles. The lowest BCUT2D eigenvalue weighted by molar-refractivity contribution is 0.471. The van der Waals surface area contributed by atoms with Crippen molar-refractivity contribution in [3.63, 3.8) is 0 Å². The topological polar surface area (TPSA) is 42.2 Å². The largest absolute Gasteiger partial charge is 0.508 e. The second-order valence-electron chi connectivity index (χ2n) is 5.50. The Morgan fingerprint density at radius 1 is 0.850 bits per heavy atom. The molecule has 3 aromatic rings. The molecule has 3 heteroatoms. The Morgan fingerprint density at radius 3 is 2.05 bits per heavy atom. The summed E-state index contributed by atoms with van der Waals surface area (Å²) in [6.07, 6.45) is 0. The van der Waals surface area contributed by atoms with Crippen molar-refractivity contribution in [2.45, 2.75) is 20.8 Å². The lowest BCUT2D eigenvalue weighted by Gasteiger charge is -2.12. The van der Waals surface area contributed by atoms with Gasteiger partial charge in [-0.05, 0) is 55.0 Å². The lowest BCUT2D eigenvalue weighted by Crippen LogP contribution is -2.17. The van der Waals surface area contributed by atoms with Crippen molar-refractivity contribution in [1.29, 1.82) is 0 Å². The molecule has 0 unspecified atom stereocenters. The summed E-state index contributed by atoms with van der Waals surface area (Å²) in [5, 5.41) is 12.6. The molecule has 0 bridgehead atoms. The van der Waals surface area contributed by atoms with E-state index in [-0.39, 0.29) is 11.3 Å². The summed E-state index contributed by atoms with van der Waals surface area (Å²) < 4.78 is 1.60. The van der Waals surface area contributed by atoms with Gasteiger partial charge in [0.1, 0.15) is 5.75 Å². The highest BCUT2D eigenvalue weighted by Gasteiger charge is 2.11. The van der Waals surface area contributed by atoms with Gasteiger partial charge in [-0.25, -0.2) is 0 Å². The van der Waals surface area contributed by atoms with E-state index in [9.17, 15) is 9.90 Å². The fraction of sp³-hybridized carbons (Fsp3) is 0.235. The number of fused-ring (bicyclic) bond motifs is 3. The third-order valence-corrected chi connectivity index (χ3v) is 4.13. The minimum absolute atomic E-state index is 0.0288. The van der Waals surface area contributed by atoms with Crippen molar-refractivity contribution < 1.29 is 5.11 Å². The molecule has 0 spiro atoms. The quantitative estimate of drug-likeness (QED) is 0.635. The summed E-state index contributed by atoms with van der Waals surface area (Å²) in [6, 6.07) is 7.63.